The molecule has 1 aliphatic carbocycles. The van der Waals surface area contributed by atoms with Crippen molar-refractivity contribution >= 4 is 26.9 Å². The van der Waals surface area contributed by atoms with Gasteiger partial charge in [0.2, 0.25) is 10.0 Å². The van der Waals surface area contributed by atoms with Gasteiger partial charge in [-0.15, -0.1) is 0 Å². The van der Waals surface area contributed by atoms with Crippen molar-refractivity contribution in [2.24, 2.45) is 10.9 Å². The van der Waals surface area contributed by atoms with Gasteiger partial charge in [-0.2, -0.15) is 0 Å². The molecule has 4 N–H and O–H groups in total. The quantitative estimate of drug-likeness (QED) is 0.348. The number of nitrogens with one attached hydrogen (secondary N) is 4. The molecule has 160 valence electrons. The zero-order valence-electron chi connectivity index (χ0n) is 16.8. The molecule has 0 spiro atoms. The Morgan fingerprint density at radius 1 is 1.31 bits per heavy atom. The van der Waals surface area contributed by atoms with Crippen LogP contribution in [0.1, 0.15) is 31.7 Å². The van der Waals surface area contributed by atoms with E-state index in [0.717, 1.165) is 29.3 Å². The second-order valence-electron chi connectivity index (χ2n) is 7.41. The average Bonchev–Trinajstić information content (AvgIpc) is 3.02. The first-order valence-electron chi connectivity index (χ1n) is 10.2. The topological polar surface area (TPSA) is 98.4 Å². The van der Waals surface area contributed by atoms with Crippen molar-refractivity contribution in [3.63, 3.8) is 0 Å². The number of benzene rings is 1. The zero-order chi connectivity index (χ0) is 20.7. The first-order valence-corrected chi connectivity index (χ1v) is 11.9. The van der Waals surface area contributed by atoms with Crippen molar-refractivity contribution < 1.29 is 12.8 Å². The lowest BCUT2D eigenvalue weighted by Gasteiger charge is -2.25. The van der Waals surface area contributed by atoms with Gasteiger partial charge >= 0.3 is 0 Å². The predicted molar refractivity (Wildman–Crippen MR) is 115 cm³/mol. The third kappa shape index (κ3) is 6.43. The summed E-state index contributed by atoms with van der Waals surface area (Å²) in [6.07, 6.45) is 5.99. The van der Waals surface area contributed by atoms with E-state index >= 15 is 0 Å². The summed E-state index contributed by atoms with van der Waals surface area (Å²) in [7, 11) is -3.30. The molecule has 7 nitrogen and oxygen atoms in total. The van der Waals surface area contributed by atoms with E-state index in [9.17, 15) is 12.8 Å². The predicted octanol–water partition coefficient (Wildman–Crippen LogP) is 2.12. The number of aromatic amines is 1. The van der Waals surface area contributed by atoms with Crippen LogP contribution in [0.15, 0.2) is 29.4 Å². The third-order valence-corrected chi connectivity index (χ3v) is 6.53. The van der Waals surface area contributed by atoms with Gasteiger partial charge in [0, 0.05) is 36.7 Å². The molecule has 29 heavy (non-hydrogen) atoms. The van der Waals surface area contributed by atoms with Crippen LogP contribution in [0.3, 0.4) is 0 Å². The van der Waals surface area contributed by atoms with Crippen LogP contribution in [-0.4, -0.2) is 51.3 Å². The van der Waals surface area contributed by atoms with Crippen LogP contribution in [0.2, 0.25) is 0 Å². The van der Waals surface area contributed by atoms with E-state index in [1.807, 2.05) is 13.1 Å². The fourth-order valence-electron chi connectivity index (χ4n) is 3.31. The SMILES string of the molecule is CCNC(=NCCS(=O)(=O)NCC1CCC1)NCCc1c[nH]c2ccc(F)cc12. The van der Waals surface area contributed by atoms with Crippen molar-refractivity contribution in [2.75, 3.05) is 31.9 Å². The highest BCUT2D eigenvalue weighted by atomic mass is 32.2. The smallest absolute Gasteiger partial charge is 0.213 e. The Morgan fingerprint density at radius 2 is 2.14 bits per heavy atom. The highest BCUT2D eigenvalue weighted by Gasteiger charge is 2.19. The number of rotatable bonds is 10. The van der Waals surface area contributed by atoms with Crippen LogP contribution in [0.5, 0.6) is 0 Å². The van der Waals surface area contributed by atoms with Gasteiger partial charge in [0.05, 0.1) is 12.3 Å². The van der Waals surface area contributed by atoms with Gasteiger partial charge in [-0.1, -0.05) is 6.42 Å². The largest absolute Gasteiger partial charge is 0.361 e. The molecule has 1 saturated carbocycles. The Labute approximate surface area is 171 Å². The normalized spacial score (nSPS) is 15.4. The molecule has 1 aromatic heterocycles. The van der Waals surface area contributed by atoms with E-state index in [1.165, 1.54) is 18.6 Å². The minimum atomic E-state index is -3.30. The van der Waals surface area contributed by atoms with Gasteiger partial charge in [-0.25, -0.2) is 17.5 Å². The molecule has 0 aliphatic heterocycles. The van der Waals surface area contributed by atoms with Gasteiger partial charge in [-0.05, 0) is 55.9 Å². The van der Waals surface area contributed by atoms with E-state index in [1.54, 1.807) is 6.07 Å². The number of hydrogen-bond donors (Lipinski definition) is 4. The number of aromatic nitrogens is 1. The van der Waals surface area contributed by atoms with Gasteiger partial charge in [0.1, 0.15) is 5.82 Å². The molecule has 9 heteroatoms. The van der Waals surface area contributed by atoms with Crippen LogP contribution in [-0.2, 0) is 16.4 Å². The first kappa shape index (κ1) is 21.6. The molecule has 0 amide bonds. The first-order chi connectivity index (χ1) is 14.0. The fraction of sp³-hybridized carbons (Fsp3) is 0.550. The van der Waals surface area contributed by atoms with Crippen LogP contribution < -0.4 is 15.4 Å². The summed E-state index contributed by atoms with van der Waals surface area (Å²) in [5, 5.41) is 7.20. The van der Waals surface area contributed by atoms with Crippen LogP contribution in [0.25, 0.3) is 10.9 Å². The summed E-state index contributed by atoms with van der Waals surface area (Å²) in [6, 6.07) is 4.69. The maximum Gasteiger partial charge on any atom is 0.213 e. The Morgan fingerprint density at radius 3 is 2.86 bits per heavy atom. The number of H-pyrrole nitrogens is 1. The summed E-state index contributed by atoms with van der Waals surface area (Å²) in [5.41, 5.74) is 1.92. The van der Waals surface area contributed by atoms with E-state index in [-0.39, 0.29) is 18.1 Å². The second kappa shape index (κ2) is 10.1. The molecule has 0 bridgehead atoms. The molecule has 1 aliphatic rings. The lowest BCUT2D eigenvalue weighted by atomic mass is 9.86. The highest BCUT2D eigenvalue weighted by molar-refractivity contribution is 7.89. The summed E-state index contributed by atoms with van der Waals surface area (Å²) in [6.45, 7) is 3.96. The molecule has 0 radical (unpaired) electrons. The third-order valence-electron chi connectivity index (χ3n) is 5.21. The minimum absolute atomic E-state index is 0.0297. The Kier molecular flexibility index (Phi) is 7.49. The van der Waals surface area contributed by atoms with Gasteiger partial charge in [0.15, 0.2) is 5.96 Å². The van der Waals surface area contributed by atoms with Crippen molar-refractivity contribution in [1.29, 1.82) is 0 Å². The second-order valence-corrected chi connectivity index (χ2v) is 9.33. The Bertz CT molecular complexity index is 937. The molecule has 2 aromatic rings. The van der Waals surface area contributed by atoms with E-state index < -0.39 is 10.0 Å². The summed E-state index contributed by atoms with van der Waals surface area (Å²) >= 11 is 0. The van der Waals surface area contributed by atoms with Crippen molar-refractivity contribution in [3.8, 4) is 0 Å². The molecule has 3 rings (SSSR count). The van der Waals surface area contributed by atoms with Crippen LogP contribution in [0, 0.1) is 11.7 Å². The summed E-state index contributed by atoms with van der Waals surface area (Å²) in [4.78, 5) is 7.51. The minimum Gasteiger partial charge on any atom is -0.361 e. The summed E-state index contributed by atoms with van der Waals surface area (Å²) in [5.74, 6) is 0.782. The molecular weight excluding hydrogens is 393 g/mol. The lowest BCUT2D eigenvalue weighted by Crippen LogP contribution is -2.39. The Balaban J connectivity index is 1.47. The number of nitrogens with zero attached hydrogens (tertiary/aromatic N) is 1. The molecule has 0 unspecified atom stereocenters. The molecule has 1 fully saturated rings. The average molecular weight is 424 g/mol. The monoisotopic (exact) mass is 423 g/mol. The van der Waals surface area contributed by atoms with Crippen LogP contribution in [0.4, 0.5) is 4.39 Å². The maximum absolute atomic E-state index is 13.5. The number of guanidine groups is 1. The number of aliphatic imine (C=N–C) groups is 1. The number of fused-ring (bicyclic) bond motifs is 1. The molecule has 1 heterocycles. The van der Waals surface area contributed by atoms with E-state index in [2.05, 4.69) is 25.3 Å². The number of hydrogen-bond acceptors (Lipinski definition) is 3. The van der Waals surface area contributed by atoms with Crippen molar-refractivity contribution in [1.82, 2.24) is 20.3 Å². The Hall–Kier alpha value is -2.13. The van der Waals surface area contributed by atoms with Crippen molar-refractivity contribution in [3.05, 3.63) is 35.8 Å². The van der Waals surface area contributed by atoms with E-state index in [0.29, 0.717) is 37.9 Å². The maximum atomic E-state index is 13.5. The van der Waals surface area contributed by atoms with Gasteiger partial charge in [-0.3, -0.25) is 4.99 Å². The number of sulfonamides is 1. The molecule has 0 atom stereocenters. The molecule has 1 aromatic carbocycles. The summed E-state index contributed by atoms with van der Waals surface area (Å²) < 4.78 is 40.3. The molecule has 0 saturated heterocycles. The van der Waals surface area contributed by atoms with Crippen molar-refractivity contribution in [2.45, 2.75) is 32.6 Å². The number of halogens is 1. The lowest BCUT2D eigenvalue weighted by molar-refractivity contribution is 0.316. The fourth-order valence-corrected chi connectivity index (χ4v) is 4.27. The standard InChI is InChI=1S/C20H30FN5O2S/c1-2-22-20(24-10-11-29(27,28)26-13-15-4-3-5-15)23-9-8-16-14-25-19-7-6-17(21)12-18(16)19/h6-7,12,14-15,25-26H,2-5,8-11,13H2,1H3,(H2,22,23,24). The van der Waals surface area contributed by atoms with Gasteiger partial charge in [0.25, 0.3) is 0 Å². The van der Waals surface area contributed by atoms with Crippen LogP contribution >= 0.6 is 0 Å². The highest BCUT2D eigenvalue weighted by Crippen LogP contribution is 2.25. The molecular formula is C20H30FN5O2S. The zero-order valence-corrected chi connectivity index (χ0v) is 17.6. The van der Waals surface area contributed by atoms with E-state index in [4.69, 9.17) is 0 Å². The van der Waals surface area contributed by atoms with Gasteiger partial charge < -0.3 is 15.6 Å².